The van der Waals surface area contributed by atoms with Gasteiger partial charge < -0.3 is 10.1 Å². The maximum absolute atomic E-state index is 5.38. The van der Waals surface area contributed by atoms with Gasteiger partial charge in [0.25, 0.3) is 0 Å². The summed E-state index contributed by atoms with van der Waals surface area (Å²) in [6.45, 7) is 3.16. The Morgan fingerprint density at radius 3 is 2.78 bits per heavy atom. The van der Waals surface area contributed by atoms with Gasteiger partial charge in [0.05, 0.1) is 7.11 Å². The van der Waals surface area contributed by atoms with Crippen LogP contribution in [0.5, 0.6) is 5.75 Å². The highest BCUT2D eigenvalue weighted by atomic mass is 32.1. The van der Waals surface area contributed by atoms with Crippen molar-refractivity contribution in [3.63, 3.8) is 0 Å². The first-order valence-electron chi connectivity index (χ1n) is 6.20. The molecule has 18 heavy (non-hydrogen) atoms. The van der Waals surface area contributed by atoms with Gasteiger partial charge in [0.1, 0.15) is 5.75 Å². The number of hydrogen-bond donors (Lipinski definition) is 1. The number of nitrogens with one attached hydrogen (secondary N) is 1. The molecule has 96 valence electrons. The van der Waals surface area contributed by atoms with Crippen LogP contribution in [0.1, 0.15) is 23.4 Å². The highest BCUT2D eigenvalue weighted by molar-refractivity contribution is 7.09. The van der Waals surface area contributed by atoms with Crippen molar-refractivity contribution < 1.29 is 4.74 Å². The summed E-state index contributed by atoms with van der Waals surface area (Å²) in [5.74, 6) is 0.952. The minimum atomic E-state index is 0.307. The SMILES string of the molecule is COc1ccccc1C(C)NCCc1cccs1. The van der Waals surface area contributed by atoms with Gasteiger partial charge in [-0.05, 0) is 30.9 Å². The van der Waals surface area contributed by atoms with Gasteiger partial charge in [-0.3, -0.25) is 0 Å². The van der Waals surface area contributed by atoms with Gasteiger partial charge >= 0.3 is 0 Å². The number of hydrogen-bond acceptors (Lipinski definition) is 3. The van der Waals surface area contributed by atoms with Crippen LogP contribution in [0.25, 0.3) is 0 Å². The van der Waals surface area contributed by atoms with Gasteiger partial charge in [-0.15, -0.1) is 11.3 Å². The molecule has 2 aromatic rings. The minimum absolute atomic E-state index is 0.307. The van der Waals surface area contributed by atoms with Crippen LogP contribution in [-0.2, 0) is 6.42 Å². The number of para-hydroxylation sites is 1. The molecule has 0 aliphatic heterocycles. The minimum Gasteiger partial charge on any atom is -0.496 e. The summed E-state index contributed by atoms with van der Waals surface area (Å²) in [6.07, 6.45) is 1.08. The number of methoxy groups -OCH3 is 1. The van der Waals surface area contributed by atoms with Crippen LogP contribution < -0.4 is 10.1 Å². The second kappa shape index (κ2) is 6.57. The van der Waals surface area contributed by atoms with Crippen molar-refractivity contribution in [2.75, 3.05) is 13.7 Å². The Hall–Kier alpha value is -1.32. The Morgan fingerprint density at radius 1 is 1.22 bits per heavy atom. The van der Waals surface area contributed by atoms with E-state index in [9.17, 15) is 0 Å². The van der Waals surface area contributed by atoms with Crippen molar-refractivity contribution in [2.45, 2.75) is 19.4 Å². The van der Waals surface area contributed by atoms with Gasteiger partial charge in [0.15, 0.2) is 0 Å². The molecule has 0 saturated carbocycles. The standard InChI is InChI=1S/C15H19NOS/c1-12(14-7-3-4-8-15(14)17-2)16-10-9-13-6-5-11-18-13/h3-8,11-12,16H,9-10H2,1-2H3. The van der Waals surface area contributed by atoms with Crippen molar-refractivity contribution in [2.24, 2.45) is 0 Å². The van der Waals surface area contributed by atoms with Crippen LogP contribution >= 0.6 is 11.3 Å². The molecule has 2 rings (SSSR count). The first-order chi connectivity index (χ1) is 8.81. The van der Waals surface area contributed by atoms with E-state index in [0.717, 1.165) is 18.7 Å². The van der Waals surface area contributed by atoms with E-state index in [-0.39, 0.29) is 0 Å². The first kappa shape index (κ1) is 13.1. The molecule has 0 spiro atoms. The second-order valence-electron chi connectivity index (χ2n) is 4.25. The van der Waals surface area contributed by atoms with Crippen LogP contribution in [0, 0.1) is 0 Å². The fraction of sp³-hybridized carbons (Fsp3) is 0.333. The molecule has 0 bridgehead atoms. The Kier molecular flexibility index (Phi) is 4.79. The Balaban J connectivity index is 1.89. The van der Waals surface area contributed by atoms with E-state index in [2.05, 4.69) is 41.9 Å². The zero-order valence-electron chi connectivity index (χ0n) is 10.8. The third kappa shape index (κ3) is 3.34. The lowest BCUT2D eigenvalue weighted by Crippen LogP contribution is -2.21. The lowest BCUT2D eigenvalue weighted by atomic mass is 10.1. The van der Waals surface area contributed by atoms with Gasteiger partial charge in [-0.1, -0.05) is 24.3 Å². The Morgan fingerprint density at radius 2 is 2.06 bits per heavy atom. The van der Waals surface area contributed by atoms with Gasteiger partial charge in [-0.2, -0.15) is 0 Å². The molecule has 1 heterocycles. The smallest absolute Gasteiger partial charge is 0.123 e. The summed E-state index contributed by atoms with van der Waals surface area (Å²) < 4.78 is 5.38. The molecular weight excluding hydrogens is 242 g/mol. The highest BCUT2D eigenvalue weighted by Gasteiger charge is 2.09. The zero-order chi connectivity index (χ0) is 12.8. The average Bonchev–Trinajstić information content (AvgIpc) is 2.91. The number of rotatable bonds is 6. The lowest BCUT2D eigenvalue weighted by molar-refractivity contribution is 0.402. The van der Waals surface area contributed by atoms with E-state index in [4.69, 9.17) is 4.74 Å². The third-order valence-electron chi connectivity index (χ3n) is 3.01. The molecular formula is C15H19NOS. The molecule has 3 heteroatoms. The molecule has 1 unspecified atom stereocenters. The van der Waals surface area contributed by atoms with Crippen LogP contribution in [0.15, 0.2) is 41.8 Å². The number of ether oxygens (including phenoxy) is 1. The van der Waals surface area contributed by atoms with E-state index < -0.39 is 0 Å². The summed E-state index contributed by atoms with van der Waals surface area (Å²) >= 11 is 1.81. The third-order valence-corrected chi connectivity index (χ3v) is 3.94. The van der Waals surface area contributed by atoms with Crippen molar-refractivity contribution >= 4 is 11.3 Å². The van der Waals surface area contributed by atoms with Gasteiger partial charge in [-0.25, -0.2) is 0 Å². The fourth-order valence-corrected chi connectivity index (χ4v) is 2.71. The summed E-state index contributed by atoms with van der Waals surface area (Å²) in [4.78, 5) is 1.43. The predicted octanol–water partition coefficient (Wildman–Crippen LogP) is 3.65. The van der Waals surface area contributed by atoms with Crippen LogP contribution in [0.4, 0.5) is 0 Å². The van der Waals surface area contributed by atoms with Crippen molar-refractivity contribution in [1.82, 2.24) is 5.32 Å². The number of benzene rings is 1. The van der Waals surface area contributed by atoms with E-state index in [1.54, 1.807) is 7.11 Å². The zero-order valence-corrected chi connectivity index (χ0v) is 11.7. The topological polar surface area (TPSA) is 21.3 Å². The maximum Gasteiger partial charge on any atom is 0.123 e. The van der Waals surface area contributed by atoms with Gasteiger partial charge in [0, 0.05) is 23.0 Å². The molecule has 0 aliphatic carbocycles. The van der Waals surface area contributed by atoms with Crippen LogP contribution in [0.3, 0.4) is 0 Å². The summed E-state index contributed by atoms with van der Waals surface area (Å²) in [5, 5.41) is 5.66. The van der Waals surface area contributed by atoms with Crippen LogP contribution in [-0.4, -0.2) is 13.7 Å². The van der Waals surface area contributed by atoms with E-state index in [0.29, 0.717) is 6.04 Å². The van der Waals surface area contributed by atoms with Crippen molar-refractivity contribution in [1.29, 1.82) is 0 Å². The monoisotopic (exact) mass is 261 g/mol. The van der Waals surface area contributed by atoms with E-state index >= 15 is 0 Å². The molecule has 2 nitrogen and oxygen atoms in total. The predicted molar refractivity (Wildman–Crippen MR) is 77.4 cm³/mol. The summed E-state index contributed by atoms with van der Waals surface area (Å²) in [5.41, 5.74) is 1.21. The molecule has 1 aromatic carbocycles. The highest BCUT2D eigenvalue weighted by Crippen LogP contribution is 2.24. The molecule has 1 aromatic heterocycles. The quantitative estimate of drug-likeness (QED) is 0.857. The summed E-state index contributed by atoms with van der Waals surface area (Å²) in [7, 11) is 1.72. The normalized spacial score (nSPS) is 12.3. The van der Waals surface area contributed by atoms with Gasteiger partial charge in [0.2, 0.25) is 0 Å². The Labute approximate surface area is 113 Å². The van der Waals surface area contributed by atoms with E-state index in [1.807, 2.05) is 23.5 Å². The van der Waals surface area contributed by atoms with Crippen molar-refractivity contribution in [3.8, 4) is 5.75 Å². The largest absolute Gasteiger partial charge is 0.496 e. The Bertz CT molecular complexity index is 467. The van der Waals surface area contributed by atoms with E-state index in [1.165, 1.54) is 10.4 Å². The number of thiophene rings is 1. The molecule has 0 fully saturated rings. The van der Waals surface area contributed by atoms with Crippen LogP contribution in [0.2, 0.25) is 0 Å². The molecule has 0 radical (unpaired) electrons. The first-order valence-corrected chi connectivity index (χ1v) is 7.08. The molecule has 1 atom stereocenters. The lowest BCUT2D eigenvalue weighted by Gasteiger charge is -2.16. The average molecular weight is 261 g/mol. The molecule has 1 N–H and O–H groups in total. The summed E-state index contributed by atoms with van der Waals surface area (Å²) in [6, 6.07) is 12.8. The second-order valence-corrected chi connectivity index (χ2v) is 5.28. The maximum atomic E-state index is 5.38. The van der Waals surface area contributed by atoms with Crippen molar-refractivity contribution in [3.05, 3.63) is 52.2 Å². The molecule has 0 aliphatic rings. The fourth-order valence-electron chi connectivity index (χ4n) is 2.00. The molecule has 0 amide bonds. The molecule has 0 saturated heterocycles.